The van der Waals surface area contributed by atoms with Gasteiger partial charge in [0, 0.05) is 5.56 Å². The number of imidazole rings is 1. The molecule has 3 aromatic carbocycles. The molecule has 0 saturated carbocycles. The lowest BCUT2D eigenvalue weighted by Gasteiger charge is -2.10. The predicted molar refractivity (Wildman–Crippen MR) is 112 cm³/mol. The van der Waals surface area contributed by atoms with Gasteiger partial charge >= 0.3 is 6.09 Å². The molecule has 2 N–H and O–H groups in total. The van der Waals surface area contributed by atoms with Gasteiger partial charge in [-0.05, 0) is 42.0 Å². The topological polar surface area (TPSA) is 96.4 Å². The van der Waals surface area contributed by atoms with Crippen molar-refractivity contribution in [1.29, 1.82) is 0 Å². The smallest absolute Gasteiger partial charge is 0.420 e. The summed E-state index contributed by atoms with van der Waals surface area (Å²) in [6.07, 6.45) is -0.603. The van der Waals surface area contributed by atoms with Crippen LogP contribution in [0.5, 0.6) is 5.75 Å². The summed E-state index contributed by atoms with van der Waals surface area (Å²) in [5, 5.41) is 0. The molecule has 0 fully saturated rings. The third kappa shape index (κ3) is 3.60. The van der Waals surface area contributed by atoms with Crippen molar-refractivity contribution in [2.45, 2.75) is 6.61 Å². The van der Waals surface area contributed by atoms with E-state index in [-0.39, 0.29) is 12.2 Å². The third-order valence-electron chi connectivity index (χ3n) is 4.69. The number of hydrogen-bond donors (Lipinski definition) is 1. The molecule has 7 heteroatoms. The van der Waals surface area contributed by atoms with Crippen molar-refractivity contribution in [3.05, 3.63) is 83.9 Å². The number of para-hydroxylation sites is 1. The summed E-state index contributed by atoms with van der Waals surface area (Å²) in [5.74, 6) is 0.398. The number of amides is 1. The van der Waals surface area contributed by atoms with Crippen molar-refractivity contribution >= 4 is 23.0 Å². The number of nitrogens with zero attached hydrogens (tertiary/aromatic N) is 2. The van der Waals surface area contributed by atoms with Crippen molar-refractivity contribution in [3.63, 3.8) is 0 Å². The molecule has 7 nitrogen and oxygen atoms in total. The number of methoxy groups -OCH3 is 1. The fourth-order valence-corrected chi connectivity index (χ4v) is 3.20. The molecule has 0 saturated heterocycles. The minimum absolute atomic E-state index is 0.108. The Bertz CT molecular complexity index is 1210. The summed E-state index contributed by atoms with van der Waals surface area (Å²) >= 11 is 0. The van der Waals surface area contributed by atoms with E-state index in [1.165, 1.54) is 4.57 Å². The highest BCUT2D eigenvalue weighted by Crippen LogP contribution is 2.28. The largest absolute Gasteiger partial charge is 0.497 e. The Labute approximate surface area is 172 Å². The van der Waals surface area contributed by atoms with E-state index < -0.39 is 12.0 Å². The summed E-state index contributed by atoms with van der Waals surface area (Å²) in [5.41, 5.74) is 8.05. The van der Waals surface area contributed by atoms with Crippen LogP contribution in [0.3, 0.4) is 0 Å². The maximum Gasteiger partial charge on any atom is 0.420 e. The van der Waals surface area contributed by atoms with E-state index in [4.69, 9.17) is 15.2 Å². The Kier molecular flexibility index (Phi) is 5.17. The van der Waals surface area contributed by atoms with Crippen molar-refractivity contribution in [1.82, 2.24) is 9.55 Å². The summed E-state index contributed by atoms with van der Waals surface area (Å²) in [4.78, 5) is 29.5. The fraction of sp³-hybridized carbons (Fsp3) is 0.0870. The first-order chi connectivity index (χ1) is 14.6. The second kappa shape index (κ2) is 8.08. The van der Waals surface area contributed by atoms with E-state index >= 15 is 0 Å². The predicted octanol–water partition coefficient (Wildman–Crippen LogP) is 4.00. The van der Waals surface area contributed by atoms with Crippen LogP contribution < -0.4 is 10.5 Å². The van der Waals surface area contributed by atoms with Crippen molar-refractivity contribution < 1.29 is 19.1 Å². The second-order valence-electron chi connectivity index (χ2n) is 6.58. The minimum atomic E-state index is -0.621. The van der Waals surface area contributed by atoms with E-state index in [0.717, 1.165) is 5.56 Å². The van der Waals surface area contributed by atoms with Gasteiger partial charge in [0.05, 0.1) is 18.2 Å². The van der Waals surface area contributed by atoms with E-state index in [2.05, 4.69) is 4.98 Å². The third-order valence-corrected chi connectivity index (χ3v) is 4.69. The van der Waals surface area contributed by atoms with Crippen molar-refractivity contribution in [3.8, 4) is 17.1 Å². The standard InChI is InChI=1S/C23H19N3O4/c1-29-17-12-10-16(11-13-17)22-25-20-18(21(24)27)8-5-9-19(20)26(22)23(28)30-14-15-6-3-2-4-7-15/h2-13H,14H2,1H3,(H2,24,27). The summed E-state index contributed by atoms with van der Waals surface area (Å²) in [7, 11) is 1.57. The molecule has 0 radical (unpaired) electrons. The van der Waals surface area contributed by atoms with Crippen LogP contribution in [0.15, 0.2) is 72.8 Å². The number of carbonyl (C=O) groups excluding carboxylic acids is 2. The van der Waals surface area contributed by atoms with Gasteiger partial charge in [0.15, 0.2) is 5.82 Å². The van der Waals surface area contributed by atoms with Crippen LogP contribution in [0.25, 0.3) is 22.4 Å². The van der Waals surface area contributed by atoms with Crippen LogP contribution in [-0.2, 0) is 11.3 Å². The monoisotopic (exact) mass is 401 g/mol. The molecule has 0 aliphatic carbocycles. The van der Waals surface area contributed by atoms with Gasteiger partial charge < -0.3 is 15.2 Å². The zero-order chi connectivity index (χ0) is 21.1. The van der Waals surface area contributed by atoms with Gasteiger partial charge in [-0.3, -0.25) is 4.79 Å². The van der Waals surface area contributed by atoms with Gasteiger partial charge in [-0.15, -0.1) is 0 Å². The van der Waals surface area contributed by atoms with Crippen LogP contribution in [0, 0.1) is 0 Å². The molecule has 1 aromatic heterocycles. The van der Waals surface area contributed by atoms with Crippen LogP contribution in [0.4, 0.5) is 4.79 Å². The highest BCUT2D eigenvalue weighted by molar-refractivity contribution is 6.06. The molecular formula is C23H19N3O4. The summed E-state index contributed by atoms with van der Waals surface area (Å²) in [6, 6.07) is 21.4. The molecule has 1 amide bonds. The van der Waals surface area contributed by atoms with Gasteiger partial charge in [0.25, 0.3) is 5.91 Å². The van der Waals surface area contributed by atoms with E-state index in [9.17, 15) is 9.59 Å². The molecule has 1 heterocycles. The maximum atomic E-state index is 13.1. The van der Waals surface area contributed by atoms with Crippen LogP contribution >= 0.6 is 0 Å². The number of benzene rings is 3. The Morgan fingerprint density at radius 2 is 1.70 bits per heavy atom. The van der Waals surface area contributed by atoms with E-state index in [1.807, 2.05) is 30.3 Å². The molecule has 4 rings (SSSR count). The highest BCUT2D eigenvalue weighted by Gasteiger charge is 2.22. The quantitative estimate of drug-likeness (QED) is 0.545. The van der Waals surface area contributed by atoms with Gasteiger partial charge in [-0.1, -0.05) is 36.4 Å². The average Bonchev–Trinajstić information content (AvgIpc) is 3.18. The number of primary amides is 1. The molecule has 150 valence electrons. The minimum Gasteiger partial charge on any atom is -0.497 e. The van der Waals surface area contributed by atoms with Crippen molar-refractivity contribution in [2.24, 2.45) is 5.73 Å². The fourth-order valence-electron chi connectivity index (χ4n) is 3.20. The second-order valence-corrected chi connectivity index (χ2v) is 6.58. The van der Waals surface area contributed by atoms with Crippen LogP contribution in [0.2, 0.25) is 0 Å². The SMILES string of the molecule is COc1ccc(-c2nc3c(C(N)=O)cccc3n2C(=O)OCc2ccccc2)cc1. The number of aromatic nitrogens is 2. The van der Waals surface area contributed by atoms with Gasteiger partial charge in [0.2, 0.25) is 0 Å². The number of ether oxygens (including phenoxy) is 2. The molecule has 0 bridgehead atoms. The Balaban J connectivity index is 1.81. The van der Waals surface area contributed by atoms with Crippen molar-refractivity contribution in [2.75, 3.05) is 7.11 Å². The molecule has 30 heavy (non-hydrogen) atoms. The lowest BCUT2D eigenvalue weighted by Crippen LogP contribution is -2.15. The molecule has 0 unspecified atom stereocenters. The molecule has 0 spiro atoms. The molecule has 0 aliphatic rings. The number of carbonyl (C=O) groups is 2. The van der Waals surface area contributed by atoms with Gasteiger partial charge in [-0.25, -0.2) is 14.3 Å². The number of rotatable bonds is 5. The number of fused-ring (bicyclic) bond motifs is 1. The summed E-state index contributed by atoms with van der Waals surface area (Å²) < 4.78 is 12.1. The average molecular weight is 401 g/mol. The van der Waals surface area contributed by atoms with Gasteiger partial charge in [-0.2, -0.15) is 0 Å². The zero-order valence-corrected chi connectivity index (χ0v) is 16.2. The normalized spacial score (nSPS) is 10.7. The maximum absolute atomic E-state index is 13.1. The number of nitrogens with two attached hydrogens (primary N) is 1. The first kappa shape index (κ1) is 19.2. The molecule has 0 atom stereocenters. The molecular weight excluding hydrogens is 382 g/mol. The first-order valence-electron chi connectivity index (χ1n) is 9.25. The number of hydrogen-bond acceptors (Lipinski definition) is 5. The van der Waals surface area contributed by atoms with E-state index in [1.54, 1.807) is 49.6 Å². The summed E-state index contributed by atoms with van der Waals surface area (Å²) in [6.45, 7) is 0.108. The lowest BCUT2D eigenvalue weighted by atomic mass is 10.2. The zero-order valence-electron chi connectivity index (χ0n) is 16.2. The molecule has 4 aromatic rings. The Hall–Kier alpha value is -4.13. The molecule has 0 aliphatic heterocycles. The first-order valence-corrected chi connectivity index (χ1v) is 9.25. The van der Waals surface area contributed by atoms with Gasteiger partial charge in [0.1, 0.15) is 17.9 Å². The van der Waals surface area contributed by atoms with Crippen LogP contribution in [0.1, 0.15) is 15.9 Å². The lowest BCUT2D eigenvalue weighted by molar-refractivity contribution is 0.100. The highest BCUT2D eigenvalue weighted by atomic mass is 16.5. The Morgan fingerprint density at radius 3 is 2.37 bits per heavy atom. The van der Waals surface area contributed by atoms with Crippen LogP contribution in [-0.4, -0.2) is 28.7 Å². The Morgan fingerprint density at radius 1 is 0.967 bits per heavy atom. The van der Waals surface area contributed by atoms with E-state index in [0.29, 0.717) is 28.2 Å².